The molecular formula is C17H12F4N4O. The second-order valence-electron chi connectivity index (χ2n) is 5.72. The van der Waals surface area contributed by atoms with Crippen molar-refractivity contribution in [2.75, 3.05) is 6.61 Å². The van der Waals surface area contributed by atoms with Crippen LogP contribution in [0.15, 0.2) is 36.4 Å². The molecule has 26 heavy (non-hydrogen) atoms. The summed E-state index contributed by atoms with van der Waals surface area (Å²) in [5.41, 5.74) is 3.60. The van der Waals surface area contributed by atoms with Gasteiger partial charge >= 0.3 is 6.18 Å². The van der Waals surface area contributed by atoms with Crippen LogP contribution in [0.1, 0.15) is 5.82 Å². The predicted octanol–water partition coefficient (Wildman–Crippen LogP) is 3.63. The Morgan fingerprint density at radius 2 is 1.81 bits per heavy atom. The SMILES string of the molecule is [C-]#[N+]c1ccc(-c2ccc3nc(C(N)(CO)C(F)(F)F)[nH]c3c2)cc1F. The van der Waals surface area contributed by atoms with Crippen molar-refractivity contribution in [1.29, 1.82) is 0 Å². The molecule has 1 heterocycles. The molecule has 4 N–H and O–H groups in total. The van der Waals surface area contributed by atoms with Gasteiger partial charge in [-0.2, -0.15) is 13.2 Å². The highest BCUT2D eigenvalue weighted by atomic mass is 19.4. The van der Waals surface area contributed by atoms with E-state index in [4.69, 9.17) is 17.4 Å². The first-order valence-electron chi connectivity index (χ1n) is 7.33. The lowest BCUT2D eigenvalue weighted by Crippen LogP contribution is -2.54. The summed E-state index contributed by atoms with van der Waals surface area (Å²) >= 11 is 0. The molecule has 0 aliphatic rings. The molecule has 0 radical (unpaired) electrons. The second kappa shape index (κ2) is 6.09. The highest BCUT2D eigenvalue weighted by Crippen LogP contribution is 2.36. The maximum Gasteiger partial charge on any atom is 0.415 e. The van der Waals surface area contributed by atoms with Crippen molar-refractivity contribution in [2.45, 2.75) is 11.7 Å². The topological polar surface area (TPSA) is 79.3 Å². The molecule has 9 heteroatoms. The molecule has 0 fully saturated rings. The number of halogens is 4. The van der Waals surface area contributed by atoms with Crippen LogP contribution in [0.3, 0.4) is 0 Å². The number of aliphatic hydroxyl groups is 1. The van der Waals surface area contributed by atoms with Gasteiger partial charge < -0.3 is 15.8 Å². The first-order valence-corrected chi connectivity index (χ1v) is 7.33. The van der Waals surface area contributed by atoms with E-state index < -0.39 is 30.0 Å². The quantitative estimate of drug-likeness (QED) is 0.491. The number of aromatic amines is 1. The molecule has 0 bridgehead atoms. The van der Waals surface area contributed by atoms with Gasteiger partial charge in [0.25, 0.3) is 0 Å². The summed E-state index contributed by atoms with van der Waals surface area (Å²) < 4.78 is 53.3. The average Bonchev–Trinajstić information content (AvgIpc) is 3.03. The third-order valence-corrected chi connectivity index (χ3v) is 4.06. The van der Waals surface area contributed by atoms with E-state index in [9.17, 15) is 17.6 Å². The molecule has 0 saturated heterocycles. The van der Waals surface area contributed by atoms with Gasteiger partial charge in [-0.25, -0.2) is 14.2 Å². The summed E-state index contributed by atoms with van der Waals surface area (Å²) in [6.07, 6.45) is -4.91. The van der Waals surface area contributed by atoms with E-state index in [0.717, 1.165) is 0 Å². The van der Waals surface area contributed by atoms with Crippen molar-refractivity contribution in [2.24, 2.45) is 5.73 Å². The van der Waals surface area contributed by atoms with E-state index in [0.29, 0.717) is 11.1 Å². The molecule has 0 aliphatic heterocycles. The Bertz CT molecular complexity index is 1020. The van der Waals surface area contributed by atoms with E-state index in [1.165, 1.54) is 30.3 Å². The number of hydrogen-bond acceptors (Lipinski definition) is 3. The third kappa shape index (κ3) is 2.79. The number of nitrogens with two attached hydrogens (primary N) is 1. The molecule has 0 aliphatic carbocycles. The summed E-state index contributed by atoms with van der Waals surface area (Å²) in [5, 5.41) is 9.14. The fourth-order valence-corrected chi connectivity index (χ4v) is 2.48. The number of benzene rings is 2. The maximum absolute atomic E-state index is 13.8. The van der Waals surface area contributed by atoms with E-state index >= 15 is 0 Å². The van der Waals surface area contributed by atoms with Crippen LogP contribution in [-0.4, -0.2) is 27.9 Å². The second-order valence-corrected chi connectivity index (χ2v) is 5.72. The van der Waals surface area contributed by atoms with E-state index in [2.05, 4.69) is 14.8 Å². The van der Waals surface area contributed by atoms with Gasteiger partial charge in [-0.1, -0.05) is 18.2 Å². The van der Waals surface area contributed by atoms with Gasteiger partial charge in [-0.05, 0) is 29.3 Å². The number of nitrogens with zero attached hydrogens (tertiary/aromatic N) is 2. The molecule has 0 amide bonds. The highest BCUT2D eigenvalue weighted by molar-refractivity contribution is 5.82. The molecule has 0 saturated carbocycles. The van der Waals surface area contributed by atoms with Crippen molar-refractivity contribution in [3.63, 3.8) is 0 Å². The Balaban J connectivity index is 2.08. The number of nitrogens with one attached hydrogen (secondary N) is 1. The van der Waals surface area contributed by atoms with Crippen LogP contribution in [0.25, 0.3) is 27.0 Å². The van der Waals surface area contributed by atoms with E-state index in [-0.39, 0.29) is 16.7 Å². The monoisotopic (exact) mass is 364 g/mol. The summed E-state index contributed by atoms with van der Waals surface area (Å²) in [7, 11) is 0. The highest BCUT2D eigenvalue weighted by Gasteiger charge is 2.55. The smallest absolute Gasteiger partial charge is 0.394 e. The molecular weight excluding hydrogens is 352 g/mol. The van der Waals surface area contributed by atoms with Crippen LogP contribution < -0.4 is 5.73 Å². The minimum absolute atomic E-state index is 0.125. The molecule has 1 atom stereocenters. The standard InChI is InChI=1S/C17H12F4N4O/c1-23-12-4-2-9(6-11(12)18)10-3-5-13-14(7-10)25-15(24-13)16(22,8-26)17(19,20)21/h2-7,26H,8,22H2,(H,24,25). The maximum atomic E-state index is 13.8. The Hall–Kier alpha value is -2.96. The van der Waals surface area contributed by atoms with Crippen LogP contribution in [0.5, 0.6) is 0 Å². The normalized spacial score (nSPS) is 14.2. The lowest BCUT2D eigenvalue weighted by atomic mass is 10.0. The molecule has 2 aromatic carbocycles. The van der Waals surface area contributed by atoms with Gasteiger partial charge in [0.1, 0.15) is 11.6 Å². The number of aliphatic hydroxyl groups excluding tert-OH is 1. The average molecular weight is 364 g/mol. The summed E-state index contributed by atoms with van der Waals surface area (Å²) in [6, 6.07) is 8.53. The summed E-state index contributed by atoms with van der Waals surface area (Å²) in [5.74, 6) is -1.31. The number of rotatable bonds is 3. The zero-order chi connectivity index (χ0) is 19.1. The first kappa shape index (κ1) is 17.8. The van der Waals surface area contributed by atoms with Crippen LogP contribution in [0.2, 0.25) is 0 Å². The van der Waals surface area contributed by atoms with Gasteiger partial charge in [0.2, 0.25) is 5.69 Å². The van der Waals surface area contributed by atoms with Gasteiger partial charge in [-0.15, -0.1) is 0 Å². The number of alkyl halides is 3. The molecule has 1 unspecified atom stereocenters. The fraction of sp³-hybridized carbons (Fsp3) is 0.176. The Morgan fingerprint density at radius 1 is 1.15 bits per heavy atom. The largest absolute Gasteiger partial charge is 0.415 e. The van der Waals surface area contributed by atoms with Crippen LogP contribution in [0, 0.1) is 12.4 Å². The van der Waals surface area contributed by atoms with Gasteiger partial charge in [-0.3, -0.25) is 0 Å². The number of H-pyrrole nitrogens is 1. The van der Waals surface area contributed by atoms with Crippen LogP contribution in [0.4, 0.5) is 23.2 Å². The number of fused-ring (bicyclic) bond motifs is 1. The Kier molecular flexibility index (Phi) is 4.18. The van der Waals surface area contributed by atoms with Crippen LogP contribution >= 0.6 is 0 Å². The van der Waals surface area contributed by atoms with Crippen molar-refractivity contribution >= 4 is 16.7 Å². The third-order valence-electron chi connectivity index (χ3n) is 4.06. The van der Waals surface area contributed by atoms with Crippen molar-refractivity contribution in [3.8, 4) is 11.1 Å². The minimum atomic E-state index is -4.91. The van der Waals surface area contributed by atoms with Gasteiger partial charge in [0.05, 0.1) is 24.2 Å². The summed E-state index contributed by atoms with van der Waals surface area (Å²) in [4.78, 5) is 9.34. The van der Waals surface area contributed by atoms with E-state index in [1.54, 1.807) is 6.07 Å². The first-order chi connectivity index (χ1) is 12.2. The molecule has 3 rings (SSSR count). The van der Waals surface area contributed by atoms with Crippen molar-refractivity contribution in [3.05, 3.63) is 59.5 Å². The zero-order valence-corrected chi connectivity index (χ0v) is 13.1. The Labute approximate surface area is 144 Å². The molecule has 0 spiro atoms. The van der Waals surface area contributed by atoms with E-state index in [1.807, 2.05) is 0 Å². The molecule has 1 aromatic heterocycles. The van der Waals surface area contributed by atoms with Gasteiger partial charge in [0, 0.05) is 0 Å². The lowest BCUT2D eigenvalue weighted by Gasteiger charge is -2.27. The molecule has 3 aromatic rings. The Morgan fingerprint density at radius 3 is 2.38 bits per heavy atom. The van der Waals surface area contributed by atoms with Crippen LogP contribution in [-0.2, 0) is 5.54 Å². The van der Waals surface area contributed by atoms with Crippen molar-refractivity contribution < 1.29 is 22.7 Å². The number of imidazole rings is 1. The molecule has 5 nitrogen and oxygen atoms in total. The zero-order valence-electron chi connectivity index (χ0n) is 13.1. The predicted molar refractivity (Wildman–Crippen MR) is 86.8 cm³/mol. The lowest BCUT2D eigenvalue weighted by molar-refractivity contribution is -0.201. The fourth-order valence-electron chi connectivity index (χ4n) is 2.48. The number of aromatic nitrogens is 2. The summed E-state index contributed by atoms with van der Waals surface area (Å²) in [6.45, 7) is 5.48. The molecule has 134 valence electrons. The van der Waals surface area contributed by atoms with Gasteiger partial charge in [0.15, 0.2) is 5.54 Å². The van der Waals surface area contributed by atoms with Crippen molar-refractivity contribution in [1.82, 2.24) is 9.97 Å². The minimum Gasteiger partial charge on any atom is -0.394 e. The number of hydrogen-bond donors (Lipinski definition) is 3.